The lowest BCUT2D eigenvalue weighted by molar-refractivity contribution is 0.142. The molecule has 2 aromatic rings. The molecule has 124 valence electrons. The molecular formula is C19H25BrN2O. The molecule has 0 fully saturated rings. The molecule has 0 saturated carbocycles. The first-order chi connectivity index (χ1) is 10.8. The predicted octanol–water partition coefficient (Wildman–Crippen LogP) is 5.00. The fourth-order valence-corrected chi connectivity index (χ4v) is 3.49. The third kappa shape index (κ3) is 3.32. The van der Waals surface area contributed by atoms with E-state index in [1.165, 1.54) is 0 Å². The van der Waals surface area contributed by atoms with Crippen molar-refractivity contribution in [2.45, 2.75) is 52.5 Å². The zero-order valence-electron chi connectivity index (χ0n) is 14.4. The Kier molecular flexibility index (Phi) is 5.23. The summed E-state index contributed by atoms with van der Waals surface area (Å²) in [7, 11) is 0. The smallest absolute Gasteiger partial charge is 0.0837 e. The molecule has 0 radical (unpaired) electrons. The molecule has 4 heteroatoms. The molecule has 0 aliphatic rings. The Balaban J connectivity index is 2.71. The van der Waals surface area contributed by atoms with Crippen LogP contribution >= 0.6 is 15.9 Å². The summed E-state index contributed by atoms with van der Waals surface area (Å²) in [6.45, 7) is 9.09. The first-order valence-electron chi connectivity index (χ1n) is 8.13. The molecule has 0 unspecified atom stereocenters. The predicted molar refractivity (Wildman–Crippen MR) is 98.4 cm³/mol. The molecule has 1 N–H and O–H groups in total. The van der Waals surface area contributed by atoms with Crippen molar-refractivity contribution in [2.24, 2.45) is 5.41 Å². The van der Waals surface area contributed by atoms with E-state index >= 15 is 0 Å². The third-order valence-electron chi connectivity index (χ3n) is 4.81. The van der Waals surface area contributed by atoms with Crippen molar-refractivity contribution in [2.75, 3.05) is 6.61 Å². The number of aliphatic hydroxyl groups excluding tert-OH is 1. The summed E-state index contributed by atoms with van der Waals surface area (Å²) in [6.07, 6.45) is 3.70. The van der Waals surface area contributed by atoms with E-state index in [4.69, 9.17) is 0 Å². The fraction of sp³-hybridized carbons (Fsp3) is 0.526. The Morgan fingerprint density at radius 3 is 2.43 bits per heavy atom. The molecule has 0 amide bonds. The highest BCUT2D eigenvalue weighted by Gasteiger charge is 2.32. The van der Waals surface area contributed by atoms with Crippen LogP contribution in [0.15, 0.2) is 28.9 Å². The van der Waals surface area contributed by atoms with E-state index in [-0.39, 0.29) is 12.0 Å². The average molecular weight is 377 g/mol. The minimum Gasteiger partial charge on any atom is -0.396 e. The Morgan fingerprint density at radius 1 is 1.26 bits per heavy atom. The van der Waals surface area contributed by atoms with Crippen molar-refractivity contribution in [3.8, 4) is 6.07 Å². The SMILES string of the molecule is CCC(C#N)(CC)c1cn(CC(C)(C)CO)c2cc(Br)ccc12. The average Bonchev–Trinajstić information content (AvgIpc) is 2.88. The molecular weight excluding hydrogens is 352 g/mol. The number of hydrogen-bond donors (Lipinski definition) is 1. The van der Waals surface area contributed by atoms with Gasteiger partial charge in [0.1, 0.15) is 0 Å². The second-order valence-corrected chi connectivity index (χ2v) is 7.97. The first kappa shape index (κ1) is 18.0. The van der Waals surface area contributed by atoms with Crippen LogP contribution in [0.2, 0.25) is 0 Å². The van der Waals surface area contributed by atoms with Gasteiger partial charge in [0.25, 0.3) is 0 Å². The summed E-state index contributed by atoms with van der Waals surface area (Å²) in [5.74, 6) is 0. The van der Waals surface area contributed by atoms with Crippen LogP contribution in [-0.2, 0) is 12.0 Å². The van der Waals surface area contributed by atoms with Crippen LogP contribution in [0.1, 0.15) is 46.1 Å². The maximum Gasteiger partial charge on any atom is 0.0837 e. The number of fused-ring (bicyclic) bond motifs is 1. The van der Waals surface area contributed by atoms with Gasteiger partial charge in [0.2, 0.25) is 0 Å². The van der Waals surface area contributed by atoms with Crippen LogP contribution in [0.4, 0.5) is 0 Å². The van der Waals surface area contributed by atoms with Gasteiger partial charge in [-0.25, -0.2) is 0 Å². The topological polar surface area (TPSA) is 49.0 Å². The standard InChI is InChI=1S/C19H25BrN2O/c1-5-19(6-2,11-21)16-10-22(12-18(3,4)13-23)17-9-14(20)7-8-15(16)17/h7-10,23H,5-6,12-13H2,1-4H3. The van der Waals surface area contributed by atoms with Gasteiger partial charge in [-0.1, -0.05) is 49.7 Å². The van der Waals surface area contributed by atoms with Gasteiger partial charge in [-0.2, -0.15) is 5.26 Å². The van der Waals surface area contributed by atoms with Crippen molar-refractivity contribution >= 4 is 26.8 Å². The second kappa shape index (κ2) is 6.67. The van der Waals surface area contributed by atoms with Crippen LogP contribution in [0.5, 0.6) is 0 Å². The van der Waals surface area contributed by atoms with E-state index in [1.54, 1.807) is 0 Å². The van der Waals surface area contributed by atoms with Gasteiger partial charge in [0.15, 0.2) is 0 Å². The highest BCUT2D eigenvalue weighted by Crippen LogP contribution is 2.38. The molecule has 1 heterocycles. The Hall–Kier alpha value is -1.31. The molecule has 0 spiro atoms. The van der Waals surface area contributed by atoms with E-state index in [9.17, 15) is 10.4 Å². The lowest BCUT2D eigenvalue weighted by Gasteiger charge is -2.24. The summed E-state index contributed by atoms with van der Waals surface area (Å²) >= 11 is 3.55. The van der Waals surface area contributed by atoms with E-state index in [2.05, 4.69) is 58.7 Å². The second-order valence-electron chi connectivity index (χ2n) is 7.06. The molecule has 23 heavy (non-hydrogen) atoms. The van der Waals surface area contributed by atoms with E-state index in [0.29, 0.717) is 6.54 Å². The normalized spacial score (nSPS) is 12.6. The molecule has 3 nitrogen and oxygen atoms in total. The molecule has 2 rings (SSSR count). The highest BCUT2D eigenvalue weighted by molar-refractivity contribution is 9.10. The third-order valence-corrected chi connectivity index (χ3v) is 5.30. The summed E-state index contributed by atoms with van der Waals surface area (Å²) in [4.78, 5) is 0. The van der Waals surface area contributed by atoms with Crippen molar-refractivity contribution < 1.29 is 5.11 Å². The zero-order valence-corrected chi connectivity index (χ0v) is 15.9. The molecule has 0 aliphatic heterocycles. The summed E-state index contributed by atoms with van der Waals surface area (Å²) < 4.78 is 3.21. The number of nitriles is 1. The molecule has 0 aliphatic carbocycles. The number of nitrogens with zero attached hydrogens (tertiary/aromatic N) is 2. The van der Waals surface area contributed by atoms with Crippen LogP contribution in [0.3, 0.4) is 0 Å². The summed E-state index contributed by atoms with van der Waals surface area (Å²) in [6, 6.07) is 8.77. The minimum absolute atomic E-state index is 0.126. The van der Waals surface area contributed by atoms with Gasteiger partial charge in [-0.15, -0.1) is 0 Å². The molecule has 0 atom stereocenters. The summed E-state index contributed by atoms with van der Waals surface area (Å²) in [5, 5.41) is 20.6. The number of aromatic nitrogens is 1. The van der Waals surface area contributed by atoms with Gasteiger partial charge in [-0.05, 0) is 30.5 Å². The van der Waals surface area contributed by atoms with Gasteiger partial charge >= 0.3 is 0 Å². The van der Waals surface area contributed by atoms with E-state index in [0.717, 1.165) is 33.8 Å². The lowest BCUT2D eigenvalue weighted by Crippen LogP contribution is -2.24. The molecule has 1 aromatic heterocycles. The van der Waals surface area contributed by atoms with Gasteiger partial charge in [0.05, 0.1) is 11.5 Å². The maximum absolute atomic E-state index is 9.82. The highest BCUT2D eigenvalue weighted by atomic mass is 79.9. The van der Waals surface area contributed by atoms with Crippen molar-refractivity contribution in [1.29, 1.82) is 5.26 Å². The summed E-state index contributed by atoms with van der Waals surface area (Å²) in [5.41, 5.74) is 1.54. The molecule has 0 bridgehead atoms. The van der Waals surface area contributed by atoms with Gasteiger partial charge < -0.3 is 9.67 Å². The number of hydrogen-bond acceptors (Lipinski definition) is 2. The van der Waals surface area contributed by atoms with Crippen LogP contribution in [0, 0.1) is 16.7 Å². The first-order valence-corrected chi connectivity index (χ1v) is 8.92. The van der Waals surface area contributed by atoms with Gasteiger partial charge in [-0.3, -0.25) is 0 Å². The van der Waals surface area contributed by atoms with Crippen molar-refractivity contribution in [1.82, 2.24) is 4.57 Å². The zero-order chi connectivity index (χ0) is 17.3. The van der Waals surface area contributed by atoms with Crippen LogP contribution < -0.4 is 0 Å². The van der Waals surface area contributed by atoms with Crippen LogP contribution in [0.25, 0.3) is 10.9 Å². The molecule has 0 saturated heterocycles. The van der Waals surface area contributed by atoms with Crippen molar-refractivity contribution in [3.63, 3.8) is 0 Å². The number of rotatable bonds is 6. The van der Waals surface area contributed by atoms with E-state index < -0.39 is 5.41 Å². The number of halogens is 1. The van der Waals surface area contributed by atoms with Crippen molar-refractivity contribution in [3.05, 3.63) is 34.4 Å². The Labute approximate surface area is 147 Å². The minimum atomic E-state index is -0.458. The maximum atomic E-state index is 9.82. The fourth-order valence-electron chi connectivity index (χ4n) is 3.14. The Bertz CT molecular complexity index is 736. The van der Waals surface area contributed by atoms with Gasteiger partial charge in [0, 0.05) is 40.1 Å². The van der Waals surface area contributed by atoms with E-state index in [1.807, 2.05) is 19.9 Å². The lowest BCUT2D eigenvalue weighted by atomic mass is 9.77. The quantitative estimate of drug-likeness (QED) is 0.770. The number of aliphatic hydroxyl groups is 1. The Morgan fingerprint density at radius 2 is 1.91 bits per heavy atom. The largest absolute Gasteiger partial charge is 0.396 e. The van der Waals surface area contributed by atoms with Crippen LogP contribution in [-0.4, -0.2) is 16.3 Å². The monoisotopic (exact) mass is 376 g/mol. The number of benzene rings is 1. The molecule has 1 aromatic carbocycles.